The zero-order valence-corrected chi connectivity index (χ0v) is 18.3. The van der Waals surface area contributed by atoms with Crippen molar-refractivity contribution >= 4 is 12.0 Å². The lowest BCUT2D eigenvalue weighted by atomic mass is 10.1. The van der Waals surface area contributed by atoms with Gasteiger partial charge in [-0.3, -0.25) is 9.69 Å². The van der Waals surface area contributed by atoms with Crippen molar-refractivity contribution in [3.63, 3.8) is 0 Å². The Balaban J connectivity index is 1.40. The van der Waals surface area contributed by atoms with E-state index in [1.54, 1.807) is 6.26 Å². The molecule has 7 nitrogen and oxygen atoms in total. The lowest BCUT2D eigenvalue weighted by Crippen LogP contribution is -2.31. The number of rotatable bonds is 6. The molecule has 0 spiro atoms. The van der Waals surface area contributed by atoms with Gasteiger partial charge >= 0.3 is 0 Å². The third-order valence-corrected chi connectivity index (χ3v) is 5.68. The van der Waals surface area contributed by atoms with Crippen molar-refractivity contribution in [3.8, 4) is 0 Å². The average Bonchev–Trinajstić information content (AvgIpc) is 3.35. The first-order chi connectivity index (χ1) is 15.0. The highest BCUT2D eigenvalue weighted by atomic mass is 16.3. The first-order valence-corrected chi connectivity index (χ1v) is 10.7. The normalized spacial score (nSPS) is 15.9. The van der Waals surface area contributed by atoms with Gasteiger partial charge in [0.1, 0.15) is 11.6 Å². The summed E-state index contributed by atoms with van der Waals surface area (Å²) in [5.41, 5.74) is 2.91. The number of hydrogen-bond donors (Lipinski definition) is 1. The van der Waals surface area contributed by atoms with Crippen LogP contribution in [0.2, 0.25) is 0 Å². The van der Waals surface area contributed by atoms with Crippen LogP contribution in [0.4, 0.5) is 0 Å². The van der Waals surface area contributed by atoms with E-state index in [4.69, 9.17) is 4.42 Å². The summed E-state index contributed by atoms with van der Waals surface area (Å²) >= 11 is 0. The fourth-order valence-corrected chi connectivity index (χ4v) is 4.05. The SMILES string of the molecule is C/C(=C\c1ccco1)CN1CCc2nnc([C@@H](C)NC(=O)c3ccccc3C)n2CC1. The average molecular weight is 420 g/mol. The highest BCUT2D eigenvalue weighted by Crippen LogP contribution is 2.18. The minimum Gasteiger partial charge on any atom is -0.465 e. The molecule has 1 atom stereocenters. The smallest absolute Gasteiger partial charge is 0.252 e. The van der Waals surface area contributed by atoms with Gasteiger partial charge in [0.15, 0.2) is 5.82 Å². The number of carbonyl (C=O) groups excluding carboxylic acids is 1. The number of benzene rings is 1. The van der Waals surface area contributed by atoms with Crippen molar-refractivity contribution in [2.24, 2.45) is 0 Å². The molecule has 7 heteroatoms. The number of nitrogens with zero attached hydrogens (tertiary/aromatic N) is 4. The summed E-state index contributed by atoms with van der Waals surface area (Å²) in [4.78, 5) is 15.1. The van der Waals surface area contributed by atoms with Crippen molar-refractivity contribution in [3.05, 3.63) is 76.8 Å². The van der Waals surface area contributed by atoms with E-state index in [2.05, 4.69) is 38.0 Å². The van der Waals surface area contributed by atoms with Gasteiger partial charge in [-0.05, 0) is 50.6 Å². The number of aromatic nitrogens is 3. The molecule has 1 amide bonds. The van der Waals surface area contributed by atoms with Crippen LogP contribution in [-0.4, -0.2) is 45.2 Å². The van der Waals surface area contributed by atoms with Crippen LogP contribution in [0.25, 0.3) is 6.08 Å². The Morgan fingerprint density at radius 2 is 2.03 bits per heavy atom. The first kappa shape index (κ1) is 21.1. The van der Waals surface area contributed by atoms with Gasteiger partial charge in [-0.15, -0.1) is 10.2 Å². The summed E-state index contributed by atoms with van der Waals surface area (Å²) < 4.78 is 7.58. The van der Waals surface area contributed by atoms with Crippen LogP contribution in [0.1, 0.15) is 53.2 Å². The van der Waals surface area contributed by atoms with Crippen LogP contribution >= 0.6 is 0 Å². The molecule has 4 rings (SSSR count). The molecule has 3 aromatic rings. The molecule has 1 N–H and O–H groups in total. The number of carbonyl (C=O) groups is 1. The van der Waals surface area contributed by atoms with Crippen molar-refractivity contribution in [2.45, 2.75) is 39.8 Å². The topological polar surface area (TPSA) is 76.2 Å². The standard InChI is InChI=1S/C24H29N5O2/c1-17(15-20-8-6-14-31-20)16-28-11-10-22-26-27-23(29(22)13-12-28)19(3)25-24(30)21-9-5-4-7-18(21)2/h4-9,14-15,19H,10-13,16H2,1-3H3,(H,25,30)/b17-15+/t19-/m1/s1. The van der Waals surface area contributed by atoms with Gasteiger partial charge in [0.25, 0.3) is 5.91 Å². The number of furan rings is 1. The maximum absolute atomic E-state index is 12.7. The molecule has 0 aliphatic carbocycles. The largest absolute Gasteiger partial charge is 0.465 e. The van der Waals surface area contributed by atoms with Gasteiger partial charge in [0.05, 0.1) is 12.3 Å². The molecule has 1 aliphatic heterocycles. The van der Waals surface area contributed by atoms with E-state index in [1.165, 1.54) is 5.57 Å². The van der Waals surface area contributed by atoms with Gasteiger partial charge in [0.2, 0.25) is 0 Å². The Morgan fingerprint density at radius 3 is 2.81 bits per heavy atom. The van der Waals surface area contributed by atoms with E-state index >= 15 is 0 Å². The van der Waals surface area contributed by atoms with E-state index in [0.29, 0.717) is 5.56 Å². The number of nitrogens with one attached hydrogen (secondary N) is 1. The molecule has 31 heavy (non-hydrogen) atoms. The van der Waals surface area contributed by atoms with Crippen molar-refractivity contribution < 1.29 is 9.21 Å². The van der Waals surface area contributed by atoms with E-state index in [1.807, 2.05) is 50.2 Å². The molecule has 0 bridgehead atoms. The zero-order chi connectivity index (χ0) is 21.8. The van der Waals surface area contributed by atoms with Gasteiger partial charge in [0, 0.05) is 38.2 Å². The summed E-state index contributed by atoms with van der Waals surface area (Å²) in [6.45, 7) is 9.55. The van der Waals surface area contributed by atoms with E-state index in [9.17, 15) is 4.79 Å². The zero-order valence-electron chi connectivity index (χ0n) is 18.3. The highest BCUT2D eigenvalue weighted by molar-refractivity contribution is 5.95. The lowest BCUT2D eigenvalue weighted by molar-refractivity contribution is 0.0937. The van der Waals surface area contributed by atoms with Gasteiger partial charge in [-0.1, -0.05) is 23.8 Å². The van der Waals surface area contributed by atoms with Crippen LogP contribution in [-0.2, 0) is 13.0 Å². The Labute approximate surface area is 182 Å². The van der Waals surface area contributed by atoms with Crippen LogP contribution in [0.5, 0.6) is 0 Å². The Hall–Kier alpha value is -3.19. The van der Waals surface area contributed by atoms with Crippen molar-refractivity contribution in [1.29, 1.82) is 0 Å². The maximum atomic E-state index is 12.7. The fourth-order valence-electron chi connectivity index (χ4n) is 4.05. The number of amides is 1. The summed E-state index contributed by atoms with van der Waals surface area (Å²) in [6, 6.07) is 11.2. The molecule has 0 unspecified atom stereocenters. The minimum atomic E-state index is -0.222. The summed E-state index contributed by atoms with van der Waals surface area (Å²) in [6.07, 6.45) is 4.61. The van der Waals surface area contributed by atoms with Gasteiger partial charge < -0.3 is 14.3 Å². The van der Waals surface area contributed by atoms with E-state index in [-0.39, 0.29) is 11.9 Å². The Bertz CT molecular complexity index is 1070. The van der Waals surface area contributed by atoms with Gasteiger partial charge in [-0.25, -0.2) is 0 Å². The highest BCUT2D eigenvalue weighted by Gasteiger charge is 2.23. The number of fused-ring (bicyclic) bond motifs is 1. The molecule has 1 aromatic carbocycles. The third-order valence-electron chi connectivity index (χ3n) is 5.68. The van der Waals surface area contributed by atoms with Crippen molar-refractivity contribution in [1.82, 2.24) is 25.0 Å². The molecule has 162 valence electrons. The van der Waals surface area contributed by atoms with Crippen LogP contribution in [0.15, 0.2) is 52.7 Å². The molecule has 1 aliphatic rings. The monoisotopic (exact) mass is 419 g/mol. The molecule has 0 saturated carbocycles. The minimum absolute atomic E-state index is 0.0862. The lowest BCUT2D eigenvalue weighted by Gasteiger charge is -2.20. The maximum Gasteiger partial charge on any atom is 0.252 e. The number of hydrogen-bond acceptors (Lipinski definition) is 5. The summed E-state index contributed by atoms with van der Waals surface area (Å²) in [5.74, 6) is 2.57. The predicted molar refractivity (Wildman–Crippen MR) is 120 cm³/mol. The Kier molecular flexibility index (Phi) is 6.32. The predicted octanol–water partition coefficient (Wildman–Crippen LogP) is 3.63. The van der Waals surface area contributed by atoms with Crippen LogP contribution < -0.4 is 5.32 Å². The molecule has 3 heterocycles. The number of aryl methyl sites for hydroxylation is 1. The quantitative estimate of drug-likeness (QED) is 0.660. The third kappa shape index (κ3) is 4.94. The molecular formula is C24H29N5O2. The second kappa shape index (κ2) is 9.31. The van der Waals surface area contributed by atoms with E-state index in [0.717, 1.165) is 55.6 Å². The van der Waals surface area contributed by atoms with Crippen molar-refractivity contribution in [2.75, 3.05) is 19.6 Å². The molecule has 2 aromatic heterocycles. The molecular weight excluding hydrogens is 390 g/mol. The second-order valence-corrected chi connectivity index (χ2v) is 8.17. The molecule has 0 fully saturated rings. The summed E-state index contributed by atoms with van der Waals surface area (Å²) in [7, 11) is 0. The Morgan fingerprint density at radius 1 is 1.19 bits per heavy atom. The van der Waals surface area contributed by atoms with Crippen LogP contribution in [0.3, 0.4) is 0 Å². The summed E-state index contributed by atoms with van der Waals surface area (Å²) in [5, 5.41) is 11.9. The van der Waals surface area contributed by atoms with E-state index < -0.39 is 0 Å². The molecule has 0 radical (unpaired) electrons. The fraction of sp³-hybridized carbons (Fsp3) is 0.375. The second-order valence-electron chi connectivity index (χ2n) is 8.17. The molecule has 0 saturated heterocycles. The van der Waals surface area contributed by atoms with Crippen LogP contribution in [0, 0.1) is 6.92 Å². The van der Waals surface area contributed by atoms with Gasteiger partial charge in [-0.2, -0.15) is 0 Å². The first-order valence-electron chi connectivity index (χ1n) is 10.7.